The van der Waals surface area contributed by atoms with E-state index in [0.29, 0.717) is 12.2 Å². The first-order valence-electron chi connectivity index (χ1n) is 12.6. The summed E-state index contributed by atoms with van der Waals surface area (Å²) in [6, 6.07) is 13.5. The van der Waals surface area contributed by atoms with Crippen molar-refractivity contribution in [2.45, 2.75) is 32.2 Å². The lowest BCUT2D eigenvalue weighted by molar-refractivity contribution is 0.0322. The van der Waals surface area contributed by atoms with Gasteiger partial charge in [0.15, 0.2) is 0 Å². The van der Waals surface area contributed by atoms with Gasteiger partial charge in [-0.1, -0.05) is 13.0 Å². The number of rotatable bonds is 8. The highest BCUT2D eigenvalue weighted by Crippen LogP contribution is 2.33. The monoisotopic (exact) mass is 475 g/mol. The zero-order valence-electron chi connectivity index (χ0n) is 20.3. The van der Waals surface area contributed by atoms with Gasteiger partial charge in [-0.15, -0.1) is 0 Å². The SMILES string of the molecule is CCc1nccn1-c1cccc([C@H]2CCCN2C(=O)c2ccc(OCCN3CCOCC3)cc2)n1. The molecule has 2 saturated heterocycles. The largest absolute Gasteiger partial charge is 0.492 e. The Balaban J connectivity index is 1.23. The Bertz CT molecular complexity index is 1120. The zero-order valence-corrected chi connectivity index (χ0v) is 20.3. The third-order valence-electron chi connectivity index (χ3n) is 6.77. The average Bonchev–Trinajstić information content (AvgIpc) is 3.59. The molecule has 0 radical (unpaired) electrons. The second-order valence-electron chi connectivity index (χ2n) is 8.97. The van der Waals surface area contributed by atoms with Crippen molar-refractivity contribution in [3.63, 3.8) is 0 Å². The summed E-state index contributed by atoms with van der Waals surface area (Å²) < 4.78 is 13.3. The molecule has 2 aliphatic heterocycles. The van der Waals surface area contributed by atoms with Gasteiger partial charge in [-0.2, -0.15) is 0 Å². The first kappa shape index (κ1) is 23.5. The van der Waals surface area contributed by atoms with Crippen LogP contribution in [0.15, 0.2) is 54.9 Å². The van der Waals surface area contributed by atoms with Gasteiger partial charge in [0.25, 0.3) is 5.91 Å². The van der Waals surface area contributed by atoms with Gasteiger partial charge in [0.2, 0.25) is 0 Å². The highest BCUT2D eigenvalue weighted by molar-refractivity contribution is 5.94. The van der Waals surface area contributed by atoms with Crippen molar-refractivity contribution in [3.8, 4) is 11.6 Å². The van der Waals surface area contributed by atoms with Crippen molar-refractivity contribution in [1.29, 1.82) is 0 Å². The quantitative estimate of drug-likeness (QED) is 0.496. The number of imidazole rings is 1. The number of amides is 1. The molecular weight excluding hydrogens is 442 g/mol. The maximum atomic E-state index is 13.4. The Kier molecular flexibility index (Phi) is 7.39. The molecule has 8 heteroatoms. The minimum Gasteiger partial charge on any atom is -0.492 e. The molecule has 35 heavy (non-hydrogen) atoms. The van der Waals surface area contributed by atoms with Crippen LogP contribution in [0.4, 0.5) is 0 Å². The van der Waals surface area contributed by atoms with E-state index in [1.54, 1.807) is 6.20 Å². The van der Waals surface area contributed by atoms with Crippen molar-refractivity contribution >= 4 is 5.91 Å². The van der Waals surface area contributed by atoms with Crippen LogP contribution in [0.1, 0.15) is 47.7 Å². The van der Waals surface area contributed by atoms with E-state index in [-0.39, 0.29) is 11.9 Å². The molecule has 4 heterocycles. The van der Waals surface area contributed by atoms with Crippen molar-refractivity contribution in [1.82, 2.24) is 24.3 Å². The van der Waals surface area contributed by atoms with Crippen LogP contribution in [0.5, 0.6) is 5.75 Å². The number of aryl methyl sites for hydroxylation is 1. The van der Waals surface area contributed by atoms with Gasteiger partial charge >= 0.3 is 0 Å². The summed E-state index contributed by atoms with van der Waals surface area (Å²) in [6.45, 7) is 7.81. The van der Waals surface area contributed by atoms with Gasteiger partial charge in [-0.25, -0.2) is 9.97 Å². The average molecular weight is 476 g/mol. The number of aromatic nitrogens is 3. The van der Waals surface area contributed by atoms with Gasteiger partial charge in [-0.05, 0) is 49.2 Å². The molecule has 184 valence electrons. The molecule has 2 aromatic heterocycles. The molecule has 0 N–H and O–H groups in total. The number of carbonyl (C=O) groups excluding carboxylic acids is 1. The molecule has 1 aromatic carbocycles. The van der Waals surface area contributed by atoms with Gasteiger partial charge < -0.3 is 14.4 Å². The summed E-state index contributed by atoms with van der Waals surface area (Å²) in [6.07, 6.45) is 6.45. The fraction of sp³-hybridized carbons (Fsp3) is 0.444. The van der Waals surface area contributed by atoms with Crippen LogP contribution in [-0.2, 0) is 11.2 Å². The third-order valence-corrected chi connectivity index (χ3v) is 6.77. The smallest absolute Gasteiger partial charge is 0.254 e. The molecule has 1 amide bonds. The summed E-state index contributed by atoms with van der Waals surface area (Å²) in [5.74, 6) is 2.64. The normalized spacial score (nSPS) is 18.7. The number of morpholine rings is 1. The van der Waals surface area contributed by atoms with E-state index in [1.807, 2.05) is 58.1 Å². The predicted octanol–water partition coefficient (Wildman–Crippen LogP) is 3.52. The van der Waals surface area contributed by atoms with Crippen LogP contribution in [-0.4, -0.2) is 76.2 Å². The minimum absolute atomic E-state index is 0.0273. The van der Waals surface area contributed by atoms with Crippen LogP contribution in [0.3, 0.4) is 0 Å². The highest BCUT2D eigenvalue weighted by atomic mass is 16.5. The van der Waals surface area contributed by atoms with Crippen LogP contribution in [0, 0.1) is 0 Å². The van der Waals surface area contributed by atoms with E-state index in [1.165, 1.54) is 0 Å². The Morgan fingerprint density at radius 3 is 2.74 bits per heavy atom. The number of hydrogen-bond donors (Lipinski definition) is 0. The third kappa shape index (κ3) is 5.39. The fourth-order valence-electron chi connectivity index (χ4n) is 4.86. The Morgan fingerprint density at radius 2 is 1.94 bits per heavy atom. The van der Waals surface area contributed by atoms with E-state index in [4.69, 9.17) is 14.5 Å². The molecule has 0 spiro atoms. The lowest BCUT2D eigenvalue weighted by Gasteiger charge is -2.26. The summed E-state index contributed by atoms with van der Waals surface area (Å²) in [4.78, 5) is 27.0. The van der Waals surface area contributed by atoms with Crippen LogP contribution in [0.25, 0.3) is 5.82 Å². The standard InChI is InChI=1S/C27H33N5O3/c1-2-25-28-12-14-32(25)26-7-3-5-23(29-26)24-6-4-13-31(24)27(33)21-8-10-22(11-9-21)35-20-17-30-15-18-34-19-16-30/h3,5,7-12,14,24H,2,4,6,13,15-20H2,1H3/t24-/m1/s1. The number of hydrogen-bond acceptors (Lipinski definition) is 6. The first-order valence-corrected chi connectivity index (χ1v) is 12.6. The van der Waals surface area contributed by atoms with Crippen molar-refractivity contribution in [2.75, 3.05) is 46.0 Å². The summed E-state index contributed by atoms with van der Waals surface area (Å²) in [5, 5.41) is 0. The van der Waals surface area contributed by atoms with E-state index >= 15 is 0 Å². The maximum absolute atomic E-state index is 13.4. The Morgan fingerprint density at radius 1 is 1.11 bits per heavy atom. The molecule has 0 saturated carbocycles. The summed E-state index contributed by atoms with van der Waals surface area (Å²) in [5.41, 5.74) is 1.60. The maximum Gasteiger partial charge on any atom is 0.254 e. The molecule has 0 unspecified atom stereocenters. The highest BCUT2D eigenvalue weighted by Gasteiger charge is 2.31. The molecule has 8 nitrogen and oxygen atoms in total. The number of likely N-dealkylation sites (tertiary alicyclic amines) is 1. The topological polar surface area (TPSA) is 72.7 Å². The molecule has 0 aliphatic carbocycles. The lowest BCUT2D eigenvalue weighted by Crippen LogP contribution is -2.38. The predicted molar refractivity (Wildman–Crippen MR) is 133 cm³/mol. The van der Waals surface area contributed by atoms with Crippen molar-refractivity contribution < 1.29 is 14.3 Å². The fourth-order valence-corrected chi connectivity index (χ4v) is 4.86. The van der Waals surface area contributed by atoms with Crippen molar-refractivity contribution in [3.05, 3.63) is 71.9 Å². The van der Waals surface area contributed by atoms with Crippen molar-refractivity contribution in [2.24, 2.45) is 0 Å². The lowest BCUT2D eigenvalue weighted by atomic mass is 10.1. The second kappa shape index (κ2) is 11.0. The van der Waals surface area contributed by atoms with Crippen LogP contribution in [0.2, 0.25) is 0 Å². The van der Waals surface area contributed by atoms with E-state index in [0.717, 1.165) is 81.7 Å². The molecular formula is C27H33N5O3. The van der Waals surface area contributed by atoms with E-state index in [2.05, 4.69) is 16.8 Å². The number of benzene rings is 1. The molecule has 2 fully saturated rings. The minimum atomic E-state index is -0.0273. The van der Waals surface area contributed by atoms with Crippen LogP contribution >= 0.6 is 0 Å². The van der Waals surface area contributed by atoms with Gasteiger partial charge in [0.1, 0.15) is 24.0 Å². The van der Waals surface area contributed by atoms with Gasteiger partial charge in [0.05, 0.1) is 24.9 Å². The summed E-state index contributed by atoms with van der Waals surface area (Å²) >= 11 is 0. The van der Waals surface area contributed by atoms with E-state index < -0.39 is 0 Å². The molecule has 3 aromatic rings. The van der Waals surface area contributed by atoms with Crippen LogP contribution < -0.4 is 4.74 Å². The molecule has 0 bridgehead atoms. The molecule has 2 aliphatic rings. The number of carbonyl (C=O) groups is 1. The van der Waals surface area contributed by atoms with E-state index in [9.17, 15) is 4.79 Å². The molecule has 5 rings (SSSR count). The Labute approximate surface area is 206 Å². The van der Waals surface area contributed by atoms with Gasteiger partial charge in [0, 0.05) is 50.6 Å². The number of nitrogens with zero attached hydrogens (tertiary/aromatic N) is 5. The molecule has 1 atom stereocenters. The summed E-state index contributed by atoms with van der Waals surface area (Å²) in [7, 11) is 0. The second-order valence-corrected chi connectivity index (χ2v) is 8.97. The number of ether oxygens (including phenoxy) is 2. The zero-order chi connectivity index (χ0) is 24.0. The number of pyridine rings is 1. The first-order chi connectivity index (χ1) is 17.2. The van der Waals surface area contributed by atoms with Gasteiger partial charge in [-0.3, -0.25) is 14.3 Å². The Hall–Kier alpha value is -3.23.